The third-order valence-electron chi connectivity index (χ3n) is 3.17. The Morgan fingerprint density at radius 1 is 1.10 bits per heavy atom. The minimum atomic E-state index is -0.527. The third-order valence-corrected chi connectivity index (χ3v) is 3.17. The standard InChI is InChI=1S/C17H17FO2/c1-3-4-12-5-7-13(8-6-12)17(19)14-9-10-16(20-2)15(18)11-14/h5-11H,3-4H2,1-2H3. The number of aryl methyl sites for hydroxylation is 1. The SMILES string of the molecule is CCCc1ccc(C(=O)c2ccc(OC)c(F)c2)cc1. The number of carbonyl (C=O) groups is 1. The fourth-order valence-corrected chi connectivity index (χ4v) is 2.09. The quantitative estimate of drug-likeness (QED) is 0.768. The molecule has 3 heteroatoms. The number of hydrogen-bond acceptors (Lipinski definition) is 2. The highest BCUT2D eigenvalue weighted by atomic mass is 19.1. The Bertz CT molecular complexity index is 603. The van der Waals surface area contributed by atoms with Crippen molar-refractivity contribution >= 4 is 5.78 Å². The lowest BCUT2D eigenvalue weighted by molar-refractivity contribution is 0.103. The molecule has 0 heterocycles. The second-order valence-corrected chi connectivity index (χ2v) is 4.63. The van der Waals surface area contributed by atoms with Crippen molar-refractivity contribution in [1.29, 1.82) is 0 Å². The first-order chi connectivity index (χ1) is 9.65. The van der Waals surface area contributed by atoms with Crippen LogP contribution in [-0.4, -0.2) is 12.9 Å². The number of ketones is 1. The molecule has 0 fully saturated rings. The molecule has 0 saturated carbocycles. The number of halogens is 1. The van der Waals surface area contributed by atoms with Crippen LogP contribution in [0.5, 0.6) is 5.75 Å². The zero-order chi connectivity index (χ0) is 14.5. The van der Waals surface area contributed by atoms with Crippen LogP contribution in [0.15, 0.2) is 42.5 Å². The van der Waals surface area contributed by atoms with E-state index in [9.17, 15) is 9.18 Å². The van der Waals surface area contributed by atoms with E-state index in [0.717, 1.165) is 12.8 Å². The fraction of sp³-hybridized carbons (Fsp3) is 0.235. The summed E-state index contributed by atoms with van der Waals surface area (Å²) < 4.78 is 18.5. The van der Waals surface area contributed by atoms with E-state index >= 15 is 0 Å². The molecule has 104 valence electrons. The highest BCUT2D eigenvalue weighted by Crippen LogP contribution is 2.20. The molecule has 0 bridgehead atoms. The van der Waals surface area contributed by atoms with Gasteiger partial charge in [-0.15, -0.1) is 0 Å². The van der Waals surface area contributed by atoms with E-state index in [1.54, 1.807) is 18.2 Å². The lowest BCUT2D eigenvalue weighted by Crippen LogP contribution is -2.02. The maximum absolute atomic E-state index is 13.6. The van der Waals surface area contributed by atoms with Gasteiger partial charge in [-0.05, 0) is 30.2 Å². The molecular weight excluding hydrogens is 255 g/mol. The molecule has 2 aromatic rings. The summed E-state index contributed by atoms with van der Waals surface area (Å²) in [5.41, 5.74) is 2.09. The van der Waals surface area contributed by atoms with Gasteiger partial charge in [-0.1, -0.05) is 37.6 Å². The molecule has 0 aliphatic rings. The molecule has 20 heavy (non-hydrogen) atoms. The van der Waals surface area contributed by atoms with Crippen molar-refractivity contribution in [3.63, 3.8) is 0 Å². The molecule has 0 aromatic heterocycles. The molecule has 0 N–H and O–H groups in total. The molecule has 0 atom stereocenters. The van der Waals surface area contributed by atoms with Crippen molar-refractivity contribution in [2.24, 2.45) is 0 Å². The number of methoxy groups -OCH3 is 1. The van der Waals surface area contributed by atoms with Gasteiger partial charge in [0.05, 0.1) is 7.11 Å². The largest absolute Gasteiger partial charge is 0.494 e. The summed E-state index contributed by atoms with van der Waals surface area (Å²) in [5.74, 6) is -0.574. The molecule has 0 saturated heterocycles. The monoisotopic (exact) mass is 272 g/mol. The molecule has 0 spiro atoms. The van der Waals surface area contributed by atoms with Crippen molar-refractivity contribution in [3.05, 3.63) is 65.0 Å². The van der Waals surface area contributed by atoms with Gasteiger partial charge in [0, 0.05) is 11.1 Å². The van der Waals surface area contributed by atoms with E-state index in [-0.39, 0.29) is 11.5 Å². The van der Waals surface area contributed by atoms with Crippen LogP contribution in [0.3, 0.4) is 0 Å². The maximum Gasteiger partial charge on any atom is 0.193 e. The summed E-state index contributed by atoms with van der Waals surface area (Å²) in [5, 5.41) is 0. The number of rotatable bonds is 5. The normalized spacial score (nSPS) is 10.3. The number of hydrogen-bond donors (Lipinski definition) is 0. The van der Waals surface area contributed by atoms with Crippen LogP contribution in [0.25, 0.3) is 0 Å². The summed E-state index contributed by atoms with van der Waals surface area (Å²) in [6.07, 6.45) is 2.06. The van der Waals surface area contributed by atoms with E-state index in [2.05, 4.69) is 6.92 Å². The van der Waals surface area contributed by atoms with Crippen molar-refractivity contribution < 1.29 is 13.9 Å². The second kappa shape index (κ2) is 6.33. The minimum Gasteiger partial charge on any atom is -0.494 e. The Morgan fingerprint density at radius 2 is 1.75 bits per heavy atom. The van der Waals surface area contributed by atoms with Crippen LogP contribution in [-0.2, 0) is 6.42 Å². The predicted molar refractivity (Wildman–Crippen MR) is 76.8 cm³/mol. The van der Waals surface area contributed by atoms with Gasteiger partial charge in [0.2, 0.25) is 0 Å². The third kappa shape index (κ3) is 3.05. The Balaban J connectivity index is 2.24. The van der Waals surface area contributed by atoms with Gasteiger partial charge in [0.1, 0.15) is 0 Å². The van der Waals surface area contributed by atoms with Crippen LogP contribution in [0, 0.1) is 5.82 Å². The van der Waals surface area contributed by atoms with Gasteiger partial charge < -0.3 is 4.74 Å². The van der Waals surface area contributed by atoms with E-state index in [4.69, 9.17) is 4.74 Å². The highest BCUT2D eigenvalue weighted by molar-refractivity contribution is 6.09. The van der Waals surface area contributed by atoms with Crippen LogP contribution in [0.4, 0.5) is 4.39 Å². The van der Waals surface area contributed by atoms with Crippen LogP contribution in [0.2, 0.25) is 0 Å². The Morgan fingerprint density at radius 3 is 2.30 bits per heavy atom. The molecule has 0 amide bonds. The zero-order valence-electron chi connectivity index (χ0n) is 11.7. The molecule has 2 rings (SSSR count). The molecule has 2 nitrogen and oxygen atoms in total. The Labute approximate surface area is 118 Å². The smallest absolute Gasteiger partial charge is 0.193 e. The Hall–Kier alpha value is -2.16. The van der Waals surface area contributed by atoms with E-state index in [0.29, 0.717) is 11.1 Å². The van der Waals surface area contributed by atoms with Crippen molar-refractivity contribution in [1.82, 2.24) is 0 Å². The summed E-state index contributed by atoms with van der Waals surface area (Å²) in [6, 6.07) is 11.7. The van der Waals surface area contributed by atoms with Crippen LogP contribution >= 0.6 is 0 Å². The maximum atomic E-state index is 13.6. The molecule has 0 radical (unpaired) electrons. The molecule has 0 unspecified atom stereocenters. The highest BCUT2D eigenvalue weighted by Gasteiger charge is 2.12. The number of carbonyl (C=O) groups excluding carboxylic acids is 1. The minimum absolute atomic E-state index is 0.139. The summed E-state index contributed by atoms with van der Waals surface area (Å²) in [4.78, 5) is 12.3. The summed E-state index contributed by atoms with van der Waals surface area (Å²) in [6.45, 7) is 2.11. The van der Waals surface area contributed by atoms with Crippen molar-refractivity contribution in [2.75, 3.05) is 7.11 Å². The fourth-order valence-electron chi connectivity index (χ4n) is 2.09. The summed E-state index contributed by atoms with van der Waals surface area (Å²) in [7, 11) is 1.40. The first kappa shape index (κ1) is 14.3. The van der Waals surface area contributed by atoms with Crippen molar-refractivity contribution in [2.45, 2.75) is 19.8 Å². The van der Waals surface area contributed by atoms with E-state index < -0.39 is 5.82 Å². The van der Waals surface area contributed by atoms with Gasteiger partial charge in [0.15, 0.2) is 17.3 Å². The molecule has 0 aliphatic heterocycles. The lowest BCUT2D eigenvalue weighted by atomic mass is 10.0. The van der Waals surface area contributed by atoms with E-state index in [1.165, 1.54) is 24.8 Å². The first-order valence-electron chi connectivity index (χ1n) is 6.63. The van der Waals surface area contributed by atoms with Crippen molar-refractivity contribution in [3.8, 4) is 5.75 Å². The molecule has 0 aliphatic carbocycles. The van der Waals surface area contributed by atoms with E-state index in [1.807, 2.05) is 12.1 Å². The topological polar surface area (TPSA) is 26.3 Å². The average Bonchev–Trinajstić information content (AvgIpc) is 2.47. The number of benzene rings is 2. The molecule has 2 aromatic carbocycles. The van der Waals surface area contributed by atoms with Gasteiger partial charge in [-0.3, -0.25) is 4.79 Å². The van der Waals surface area contributed by atoms with Gasteiger partial charge in [-0.25, -0.2) is 4.39 Å². The molecular formula is C17H17FO2. The van der Waals surface area contributed by atoms with Crippen LogP contribution < -0.4 is 4.74 Å². The first-order valence-corrected chi connectivity index (χ1v) is 6.63. The summed E-state index contributed by atoms with van der Waals surface area (Å²) >= 11 is 0. The average molecular weight is 272 g/mol. The van der Waals surface area contributed by atoms with Gasteiger partial charge >= 0.3 is 0 Å². The zero-order valence-corrected chi connectivity index (χ0v) is 11.7. The lowest BCUT2D eigenvalue weighted by Gasteiger charge is -2.06. The number of ether oxygens (including phenoxy) is 1. The second-order valence-electron chi connectivity index (χ2n) is 4.63. The van der Waals surface area contributed by atoms with Gasteiger partial charge in [0.25, 0.3) is 0 Å². The predicted octanol–water partition coefficient (Wildman–Crippen LogP) is 4.02. The Kier molecular flexibility index (Phi) is 4.51. The van der Waals surface area contributed by atoms with Gasteiger partial charge in [-0.2, -0.15) is 0 Å². The van der Waals surface area contributed by atoms with Crippen LogP contribution in [0.1, 0.15) is 34.8 Å².